The number of amides is 1. The summed E-state index contributed by atoms with van der Waals surface area (Å²) in [7, 11) is 1.51. The summed E-state index contributed by atoms with van der Waals surface area (Å²) in [6.07, 6.45) is 2.71. The number of ether oxygens (including phenoxy) is 1. The van der Waals surface area contributed by atoms with Crippen molar-refractivity contribution in [2.24, 2.45) is 5.92 Å². The van der Waals surface area contributed by atoms with E-state index in [1.54, 1.807) is 5.06 Å². The van der Waals surface area contributed by atoms with E-state index in [-0.39, 0.29) is 0 Å². The second kappa shape index (κ2) is 8.26. The average Bonchev–Trinajstić information content (AvgIpc) is 3.29. The molecule has 1 unspecified atom stereocenters. The molecule has 0 saturated carbocycles. The molecule has 1 atom stereocenters. The van der Waals surface area contributed by atoms with E-state index in [4.69, 9.17) is 21.2 Å². The van der Waals surface area contributed by atoms with Gasteiger partial charge in [0.25, 0.3) is 0 Å². The number of aromatic nitrogens is 3. The molecular formula is C18H18ClN5O3S. The SMILES string of the molecule is COc1ncnc2sc(NC(=O)ON3CCC(Cc4ccc(Cl)cc4)C3)nc12. The van der Waals surface area contributed by atoms with Crippen LogP contribution >= 0.6 is 22.9 Å². The molecule has 1 aliphatic heterocycles. The molecule has 1 amide bonds. The van der Waals surface area contributed by atoms with Crippen molar-refractivity contribution in [3.8, 4) is 5.88 Å². The second-order valence-electron chi connectivity index (χ2n) is 6.43. The van der Waals surface area contributed by atoms with E-state index in [1.165, 1.54) is 30.3 Å². The summed E-state index contributed by atoms with van der Waals surface area (Å²) < 4.78 is 5.15. The summed E-state index contributed by atoms with van der Waals surface area (Å²) in [5.74, 6) is 0.795. The highest BCUT2D eigenvalue weighted by Crippen LogP contribution is 2.29. The van der Waals surface area contributed by atoms with Crippen molar-refractivity contribution in [3.63, 3.8) is 0 Å². The molecule has 0 bridgehead atoms. The van der Waals surface area contributed by atoms with Gasteiger partial charge in [-0.2, -0.15) is 4.98 Å². The third-order valence-electron chi connectivity index (χ3n) is 4.46. The van der Waals surface area contributed by atoms with Gasteiger partial charge < -0.3 is 9.57 Å². The minimum atomic E-state index is -0.571. The van der Waals surface area contributed by atoms with Gasteiger partial charge in [-0.3, -0.25) is 5.32 Å². The summed E-state index contributed by atoms with van der Waals surface area (Å²) in [4.78, 5) is 30.7. The Morgan fingerprint density at radius 2 is 2.18 bits per heavy atom. The van der Waals surface area contributed by atoms with Gasteiger partial charge in [-0.05, 0) is 36.5 Å². The van der Waals surface area contributed by atoms with E-state index in [0.717, 1.165) is 17.9 Å². The molecule has 8 nitrogen and oxygen atoms in total. The molecule has 1 aliphatic rings. The number of thiazole rings is 1. The number of carbonyl (C=O) groups excluding carboxylic acids is 1. The Kier molecular flexibility index (Phi) is 5.56. The van der Waals surface area contributed by atoms with Crippen LogP contribution in [0.25, 0.3) is 10.3 Å². The van der Waals surface area contributed by atoms with Gasteiger partial charge in [-0.25, -0.2) is 14.8 Å². The normalized spacial score (nSPS) is 17.0. The van der Waals surface area contributed by atoms with Crippen molar-refractivity contribution in [2.75, 3.05) is 25.5 Å². The fourth-order valence-corrected chi connectivity index (χ4v) is 4.07. The van der Waals surface area contributed by atoms with Gasteiger partial charge in [0, 0.05) is 18.1 Å². The first-order chi connectivity index (χ1) is 13.6. The van der Waals surface area contributed by atoms with Crippen molar-refractivity contribution >= 4 is 44.5 Å². The summed E-state index contributed by atoms with van der Waals surface area (Å²) in [6.45, 7) is 1.39. The zero-order valence-electron chi connectivity index (χ0n) is 15.1. The van der Waals surface area contributed by atoms with Gasteiger partial charge >= 0.3 is 6.09 Å². The number of carbonyl (C=O) groups is 1. The van der Waals surface area contributed by atoms with E-state index in [2.05, 4.69) is 20.3 Å². The maximum Gasteiger partial charge on any atom is 0.432 e. The van der Waals surface area contributed by atoms with E-state index in [9.17, 15) is 4.79 Å². The number of benzene rings is 1. The average molecular weight is 420 g/mol. The Labute approximate surface area is 170 Å². The highest BCUT2D eigenvalue weighted by molar-refractivity contribution is 7.22. The molecule has 0 spiro atoms. The number of methoxy groups -OCH3 is 1. The molecule has 28 heavy (non-hydrogen) atoms. The van der Waals surface area contributed by atoms with Gasteiger partial charge in [0.05, 0.1) is 7.11 Å². The molecule has 1 saturated heterocycles. The van der Waals surface area contributed by atoms with Crippen LogP contribution in [0.5, 0.6) is 5.88 Å². The van der Waals surface area contributed by atoms with Crippen LogP contribution in [0.3, 0.4) is 0 Å². The molecule has 2 aromatic heterocycles. The lowest BCUT2D eigenvalue weighted by molar-refractivity contribution is -0.0768. The first-order valence-corrected chi connectivity index (χ1v) is 9.94. The Morgan fingerprint density at radius 1 is 1.36 bits per heavy atom. The third-order valence-corrected chi connectivity index (χ3v) is 5.59. The largest absolute Gasteiger partial charge is 0.479 e. The number of hydrogen-bond acceptors (Lipinski definition) is 8. The van der Waals surface area contributed by atoms with Crippen LogP contribution < -0.4 is 10.1 Å². The maximum atomic E-state index is 12.2. The Morgan fingerprint density at radius 3 is 2.96 bits per heavy atom. The van der Waals surface area contributed by atoms with Gasteiger partial charge in [0.15, 0.2) is 15.5 Å². The van der Waals surface area contributed by atoms with Crippen molar-refractivity contribution in [1.29, 1.82) is 0 Å². The first kappa shape index (κ1) is 18.9. The Hall–Kier alpha value is -2.49. The number of halogens is 1. The first-order valence-electron chi connectivity index (χ1n) is 8.74. The molecule has 1 fully saturated rings. The van der Waals surface area contributed by atoms with Crippen LogP contribution in [0.1, 0.15) is 12.0 Å². The van der Waals surface area contributed by atoms with Crippen LogP contribution in [0.4, 0.5) is 9.93 Å². The Bertz CT molecular complexity index is 981. The van der Waals surface area contributed by atoms with Crippen molar-refractivity contribution in [3.05, 3.63) is 41.2 Å². The monoisotopic (exact) mass is 419 g/mol. The van der Waals surface area contributed by atoms with E-state index < -0.39 is 6.09 Å². The van der Waals surface area contributed by atoms with Crippen molar-refractivity contribution < 1.29 is 14.4 Å². The molecule has 3 aromatic rings. The summed E-state index contributed by atoms with van der Waals surface area (Å²) in [5.41, 5.74) is 1.74. The lowest BCUT2D eigenvalue weighted by atomic mass is 9.99. The molecular weight excluding hydrogens is 402 g/mol. The van der Waals surface area contributed by atoms with Crippen LogP contribution in [0.2, 0.25) is 5.02 Å². The standard InChI is InChI=1S/C18H18ClN5O3S/c1-26-15-14-16(21-10-20-15)28-17(22-14)23-18(25)27-24-7-6-12(9-24)8-11-2-4-13(19)5-3-11/h2-5,10,12H,6-9H2,1H3,(H,22,23,25). The molecule has 1 N–H and O–H groups in total. The lowest BCUT2D eigenvalue weighted by Crippen LogP contribution is -2.28. The minimum absolute atomic E-state index is 0.368. The van der Waals surface area contributed by atoms with Crippen LogP contribution in [-0.4, -0.2) is 46.3 Å². The predicted molar refractivity (Wildman–Crippen MR) is 107 cm³/mol. The number of nitrogens with zero attached hydrogens (tertiary/aromatic N) is 4. The summed E-state index contributed by atoms with van der Waals surface area (Å²) >= 11 is 7.16. The number of rotatable bonds is 5. The zero-order chi connectivity index (χ0) is 19.5. The van der Waals surface area contributed by atoms with Crippen LogP contribution in [0, 0.1) is 5.92 Å². The van der Waals surface area contributed by atoms with Crippen molar-refractivity contribution in [2.45, 2.75) is 12.8 Å². The number of hydroxylamine groups is 2. The molecule has 10 heteroatoms. The molecule has 4 rings (SSSR count). The fourth-order valence-electron chi connectivity index (χ4n) is 3.16. The highest BCUT2D eigenvalue weighted by atomic mass is 35.5. The van der Waals surface area contributed by atoms with Crippen molar-refractivity contribution in [1.82, 2.24) is 20.0 Å². The number of hydrogen-bond donors (Lipinski definition) is 1. The molecule has 0 radical (unpaired) electrons. The third kappa shape index (κ3) is 4.32. The second-order valence-corrected chi connectivity index (χ2v) is 7.85. The maximum absolute atomic E-state index is 12.2. The predicted octanol–water partition coefficient (Wildman–Crippen LogP) is 3.78. The molecule has 3 heterocycles. The van der Waals surface area contributed by atoms with Crippen LogP contribution in [-0.2, 0) is 11.3 Å². The van der Waals surface area contributed by atoms with Crippen LogP contribution in [0.15, 0.2) is 30.6 Å². The van der Waals surface area contributed by atoms with E-state index in [0.29, 0.717) is 40.4 Å². The quantitative estimate of drug-likeness (QED) is 0.673. The number of fused-ring (bicyclic) bond motifs is 1. The zero-order valence-corrected chi connectivity index (χ0v) is 16.7. The molecule has 146 valence electrons. The van der Waals surface area contributed by atoms with E-state index >= 15 is 0 Å². The fraction of sp³-hybridized carbons (Fsp3) is 0.333. The van der Waals surface area contributed by atoms with Gasteiger partial charge in [0.2, 0.25) is 5.88 Å². The topological polar surface area (TPSA) is 89.5 Å². The molecule has 1 aromatic carbocycles. The van der Waals surface area contributed by atoms with Gasteiger partial charge in [-0.1, -0.05) is 35.1 Å². The van der Waals surface area contributed by atoms with E-state index in [1.807, 2.05) is 24.3 Å². The van der Waals surface area contributed by atoms with Gasteiger partial charge in [0.1, 0.15) is 6.33 Å². The summed E-state index contributed by atoms with van der Waals surface area (Å²) in [6, 6.07) is 7.85. The number of nitrogens with one attached hydrogen (secondary N) is 1. The minimum Gasteiger partial charge on any atom is -0.479 e. The Balaban J connectivity index is 1.31. The van der Waals surface area contributed by atoms with Gasteiger partial charge in [-0.15, -0.1) is 5.06 Å². The molecule has 0 aliphatic carbocycles. The highest BCUT2D eigenvalue weighted by Gasteiger charge is 2.26. The smallest absolute Gasteiger partial charge is 0.432 e. The lowest BCUT2D eigenvalue weighted by Gasteiger charge is -2.15. The summed E-state index contributed by atoms with van der Waals surface area (Å²) in [5, 5.41) is 5.45. The number of anilines is 1.